The summed E-state index contributed by atoms with van der Waals surface area (Å²) < 4.78 is 40.0. The zero-order chi connectivity index (χ0) is 19.2. The van der Waals surface area contributed by atoms with Gasteiger partial charge in [-0.1, -0.05) is 18.5 Å². The second-order valence-electron chi connectivity index (χ2n) is 7.21. The van der Waals surface area contributed by atoms with Crippen LogP contribution in [0.5, 0.6) is 0 Å². The molecule has 0 spiro atoms. The highest BCUT2D eigenvalue weighted by Crippen LogP contribution is 2.37. The Kier molecular flexibility index (Phi) is 4.96. The van der Waals surface area contributed by atoms with Crippen LogP contribution in [0.15, 0.2) is 18.3 Å². The summed E-state index contributed by atoms with van der Waals surface area (Å²) in [7, 11) is -3.25. The van der Waals surface area contributed by atoms with Gasteiger partial charge in [-0.3, -0.25) is 0 Å². The zero-order valence-electron chi connectivity index (χ0n) is 14.8. The summed E-state index contributed by atoms with van der Waals surface area (Å²) in [4.78, 5) is 11.6. The van der Waals surface area contributed by atoms with Gasteiger partial charge >= 0.3 is 0 Å². The number of halogens is 2. The standard InChI is InChI=1S/C17H21ClFN5O2S/c1-10-9-24(27(25,26)12-7-20-8-12)5-4-13(10)15-16(18)23-17(22-15)14-3-2-11(19)6-21-14/h2-3,6,10,12-13,20H,4-5,7-9H2,1H3,(H,22,23)/t10-,13+/m0/s1. The lowest BCUT2D eigenvalue weighted by Crippen LogP contribution is -2.57. The van der Waals surface area contributed by atoms with Crippen LogP contribution < -0.4 is 5.32 Å². The Balaban J connectivity index is 1.52. The van der Waals surface area contributed by atoms with Gasteiger partial charge in [-0.05, 0) is 24.5 Å². The molecule has 2 atom stereocenters. The maximum Gasteiger partial charge on any atom is 0.219 e. The molecule has 0 unspecified atom stereocenters. The molecule has 0 aromatic carbocycles. The number of nitrogens with zero attached hydrogens (tertiary/aromatic N) is 3. The van der Waals surface area contributed by atoms with E-state index in [0.717, 1.165) is 11.9 Å². The van der Waals surface area contributed by atoms with Crippen LogP contribution in [0.2, 0.25) is 5.15 Å². The van der Waals surface area contributed by atoms with Gasteiger partial charge in [0.15, 0.2) is 11.0 Å². The fraction of sp³-hybridized carbons (Fsp3) is 0.529. The number of nitrogens with one attached hydrogen (secondary N) is 2. The molecule has 0 amide bonds. The highest BCUT2D eigenvalue weighted by atomic mass is 35.5. The molecule has 2 N–H and O–H groups in total. The average Bonchev–Trinajstić information content (AvgIpc) is 2.95. The maximum absolute atomic E-state index is 13.1. The monoisotopic (exact) mass is 413 g/mol. The number of sulfonamides is 1. The summed E-state index contributed by atoms with van der Waals surface area (Å²) in [6, 6.07) is 2.86. The number of aromatic nitrogens is 3. The third-order valence-electron chi connectivity index (χ3n) is 5.42. The van der Waals surface area contributed by atoms with Crippen molar-refractivity contribution in [2.24, 2.45) is 5.92 Å². The highest BCUT2D eigenvalue weighted by molar-refractivity contribution is 7.89. The van der Waals surface area contributed by atoms with Crippen LogP contribution in [-0.2, 0) is 10.0 Å². The van der Waals surface area contributed by atoms with Crippen LogP contribution in [0.3, 0.4) is 0 Å². The van der Waals surface area contributed by atoms with E-state index in [1.54, 1.807) is 10.4 Å². The van der Waals surface area contributed by atoms with E-state index in [9.17, 15) is 12.8 Å². The van der Waals surface area contributed by atoms with Crippen molar-refractivity contribution in [1.82, 2.24) is 24.6 Å². The van der Waals surface area contributed by atoms with E-state index >= 15 is 0 Å². The SMILES string of the molecule is C[C@H]1CN(S(=O)(=O)C2CNC2)CC[C@H]1c1[nH]c(-c2ccc(F)cn2)nc1Cl. The summed E-state index contributed by atoms with van der Waals surface area (Å²) in [5, 5.41) is 3.06. The number of piperidine rings is 1. The van der Waals surface area contributed by atoms with Crippen molar-refractivity contribution in [3.63, 3.8) is 0 Å². The molecule has 7 nitrogen and oxygen atoms in total. The first-order chi connectivity index (χ1) is 12.9. The summed E-state index contributed by atoms with van der Waals surface area (Å²) >= 11 is 6.35. The molecule has 0 bridgehead atoms. The Labute approximate surface area is 162 Å². The Morgan fingerprint density at radius 2 is 2.11 bits per heavy atom. The molecule has 0 saturated carbocycles. The Morgan fingerprint density at radius 3 is 2.70 bits per heavy atom. The second-order valence-corrected chi connectivity index (χ2v) is 9.78. The first-order valence-corrected chi connectivity index (χ1v) is 10.8. The molecule has 146 valence electrons. The third-order valence-corrected chi connectivity index (χ3v) is 7.93. The van der Waals surface area contributed by atoms with Crippen molar-refractivity contribution >= 4 is 21.6 Å². The van der Waals surface area contributed by atoms with E-state index in [4.69, 9.17) is 11.6 Å². The quantitative estimate of drug-likeness (QED) is 0.799. The molecule has 2 saturated heterocycles. The fourth-order valence-electron chi connectivity index (χ4n) is 3.70. The smallest absolute Gasteiger partial charge is 0.219 e. The first kappa shape index (κ1) is 18.8. The van der Waals surface area contributed by atoms with Crippen LogP contribution >= 0.6 is 11.6 Å². The topological polar surface area (TPSA) is 91.0 Å². The molecule has 2 aliphatic rings. The second kappa shape index (κ2) is 7.12. The van der Waals surface area contributed by atoms with Crippen molar-refractivity contribution in [3.05, 3.63) is 35.0 Å². The van der Waals surface area contributed by atoms with E-state index in [-0.39, 0.29) is 17.1 Å². The van der Waals surface area contributed by atoms with Crippen molar-refractivity contribution in [2.45, 2.75) is 24.5 Å². The normalized spacial score (nSPS) is 24.7. The van der Waals surface area contributed by atoms with Gasteiger partial charge in [0, 0.05) is 32.1 Å². The third kappa shape index (κ3) is 3.49. The molecular weight excluding hydrogens is 393 g/mol. The fourth-order valence-corrected chi connectivity index (χ4v) is 5.85. The predicted molar refractivity (Wildman–Crippen MR) is 100 cm³/mol. The maximum atomic E-state index is 13.1. The number of H-pyrrole nitrogens is 1. The lowest BCUT2D eigenvalue weighted by Gasteiger charge is -2.39. The molecule has 27 heavy (non-hydrogen) atoms. The molecule has 4 heterocycles. The van der Waals surface area contributed by atoms with Gasteiger partial charge < -0.3 is 10.3 Å². The molecule has 0 aliphatic carbocycles. The summed E-state index contributed by atoms with van der Waals surface area (Å²) in [5.74, 6) is 0.233. The van der Waals surface area contributed by atoms with Crippen molar-refractivity contribution in [1.29, 1.82) is 0 Å². The molecule has 4 rings (SSSR count). The molecular formula is C17H21ClFN5O2S. The average molecular weight is 414 g/mol. The van der Waals surface area contributed by atoms with Gasteiger partial charge in [-0.2, -0.15) is 0 Å². The van der Waals surface area contributed by atoms with Crippen LogP contribution in [-0.4, -0.2) is 59.1 Å². The Hall–Kier alpha value is -1.55. The number of pyridine rings is 1. The van der Waals surface area contributed by atoms with Gasteiger partial charge in [0.05, 0.1) is 11.9 Å². The van der Waals surface area contributed by atoms with Crippen LogP contribution in [0.1, 0.15) is 25.0 Å². The lowest BCUT2D eigenvalue weighted by atomic mass is 9.86. The number of rotatable bonds is 4. The van der Waals surface area contributed by atoms with E-state index in [1.165, 1.54) is 6.07 Å². The van der Waals surface area contributed by atoms with Crippen LogP contribution in [0.4, 0.5) is 4.39 Å². The van der Waals surface area contributed by atoms with Crippen LogP contribution in [0.25, 0.3) is 11.5 Å². The molecule has 2 aromatic heterocycles. The summed E-state index contributed by atoms with van der Waals surface area (Å²) in [6.07, 6.45) is 1.80. The summed E-state index contributed by atoms with van der Waals surface area (Å²) in [5.41, 5.74) is 1.29. The lowest BCUT2D eigenvalue weighted by molar-refractivity contribution is 0.242. The van der Waals surface area contributed by atoms with Gasteiger partial charge in [0.2, 0.25) is 10.0 Å². The van der Waals surface area contributed by atoms with Gasteiger partial charge in [-0.15, -0.1) is 0 Å². The molecule has 2 aliphatic heterocycles. The largest absolute Gasteiger partial charge is 0.339 e. The first-order valence-electron chi connectivity index (χ1n) is 8.93. The van der Waals surface area contributed by atoms with Crippen molar-refractivity contribution in [3.8, 4) is 11.5 Å². The van der Waals surface area contributed by atoms with Gasteiger partial charge in [0.25, 0.3) is 0 Å². The van der Waals surface area contributed by atoms with Crippen molar-refractivity contribution in [2.75, 3.05) is 26.2 Å². The number of imidazole rings is 1. The molecule has 0 radical (unpaired) electrons. The minimum absolute atomic E-state index is 0.0742. The van der Waals surface area contributed by atoms with Crippen molar-refractivity contribution < 1.29 is 12.8 Å². The Bertz CT molecular complexity index is 929. The highest BCUT2D eigenvalue weighted by Gasteiger charge is 2.40. The number of hydrogen-bond acceptors (Lipinski definition) is 5. The van der Waals surface area contributed by atoms with E-state index < -0.39 is 15.8 Å². The molecule has 2 fully saturated rings. The summed E-state index contributed by atoms with van der Waals surface area (Å²) in [6.45, 7) is 4.00. The van der Waals surface area contributed by atoms with Gasteiger partial charge in [-0.25, -0.2) is 27.1 Å². The Morgan fingerprint density at radius 1 is 1.33 bits per heavy atom. The molecule has 10 heteroatoms. The predicted octanol–water partition coefficient (Wildman–Crippen LogP) is 1.99. The number of aromatic amines is 1. The van der Waals surface area contributed by atoms with E-state index in [1.807, 2.05) is 6.92 Å². The van der Waals surface area contributed by atoms with Crippen LogP contribution in [0, 0.1) is 11.7 Å². The van der Waals surface area contributed by atoms with E-state index in [2.05, 4.69) is 20.3 Å². The van der Waals surface area contributed by atoms with Gasteiger partial charge in [0.1, 0.15) is 16.8 Å². The van der Waals surface area contributed by atoms with E-state index in [0.29, 0.717) is 49.3 Å². The zero-order valence-corrected chi connectivity index (χ0v) is 16.4. The minimum Gasteiger partial charge on any atom is -0.339 e. The minimum atomic E-state index is -3.25. The number of hydrogen-bond donors (Lipinski definition) is 2. The molecule has 2 aromatic rings.